The van der Waals surface area contributed by atoms with E-state index in [9.17, 15) is 4.79 Å². The number of hydrogen-bond acceptors (Lipinski definition) is 2. The molecular weight excluding hydrogens is 144 g/mol. The van der Waals surface area contributed by atoms with Crippen LogP contribution in [0, 0.1) is 0 Å². The average Bonchev–Trinajstić information content (AvgIpc) is 1.85. The first-order chi connectivity index (χ1) is 5.13. The van der Waals surface area contributed by atoms with Gasteiger partial charge in [-0.3, -0.25) is 0 Å². The number of aliphatic hydroxyl groups excluding tert-OH is 1. The van der Waals surface area contributed by atoms with Crippen LogP contribution in [0.1, 0.15) is 26.2 Å². The van der Waals surface area contributed by atoms with Gasteiger partial charge in [0.25, 0.3) is 0 Å². The lowest BCUT2D eigenvalue weighted by atomic mass is 10.2. The molecule has 11 heavy (non-hydrogen) atoms. The predicted molar refractivity (Wildman–Crippen MR) is 42.3 cm³/mol. The lowest BCUT2D eigenvalue weighted by Crippen LogP contribution is -1.97. The first-order valence-corrected chi connectivity index (χ1v) is 3.70. The summed E-state index contributed by atoms with van der Waals surface area (Å²) in [6, 6.07) is 0. The molecule has 0 saturated heterocycles. The number of rotatable bonds is 5. The molecule has 0 saturated carbocycles. The van der Waals surface area contributed by atoms with Crippen LogP contribution in [0.5, 0.6) is 0 Å². The van der Waals surface area contributed by atoms with E-state index in [0.29, 0.717) is 0 Å². The van der Waals surface area contributed by atoms with Gasteiger partial charge in [-0.25, -0.2) is 4.79 Å². The summed E-state index contributed by atoms with van der Waals surface area (Å²) in [5, 5.41) is 17.0. The van der Waals surface area contributed by atoms with E-state index >= 15 is 0 Å². The van der Waals surface area contributed by atoms with Crippen molar-refractivity contribution in [3.63, 3.8) is 0 Å². The van der Waals surface area contributed by atoms with E-state index in [1.165, 1.54) is 0 Å². The summed E-state index contributed by atoms with van der Waals surface area (Å²) in [6.45, 7) is 1.72. The van der Waals surface area contributed by atoms with E-state index in [1.807, 2.05) is 0 Å². The van der Waals surface area contributed by atoms with Gasteiger partial charge in [0.2, 0.25) is 0 Å². The molecule has 0 bridgehead atoms. The van der Waals surface area contributed by atoms with E-state index in [0.717, 1.165) is 25.3 Å². The molecule has 0 aromatic heterocycles. The van der Waals surface area contributed by atoms with Gasteiger partial charge in [-0.15, -0.1) is 0 Å². The number of carboxylic acids is 1. The molecule has 3 heteroatoms. The number of aliphatic hydroxyl groups is 1. The molecule has 1 atom stereocenters. The van der Waals surface area contributed by atoms with Gasteiger partial charge < -0.3 is 10.2 Å². The minimum Gasteiger partial charge on any atom is -0.478 e. The van der Waals surface area contributed by atoms with Crippen molar-refractivity contribution < 1.29 is 15.0 Å². The lowest BCUT2D eigenvalue weighted by molar-refractivity contribution is -0.131. The number of carbonyl (C=O) groups is 1. The number of allylic oxidation sites excluding steroid dienone is 1. The van der Waals surface area contributed by atoms with Gasteiger partial charge in [-0.05, 0) is 26.2 Å². The molecule has 1 unspecified atom stereocenters. The summed E-state index contributed by atoms with van der Waals surface area (Å²) in [7, 11) is 0. The van der Waals surface area contributed by atoms with E-state index < -0.39 is 5.97 Å². The van der Waals surface area contributed by atoms with Gasteiger partial charge in [-0.1, -0.05) is 6.08 Å². The minimum absolute atomic E-state index is 0.284. The highest BCUT2D eigenvalue weighted by Gasteiger charge is 1.92. The van der Waals surface area contributed by atoms with Crippen molar-refractivity contribution in [1.82, 2.24) is 0 Å². The Labute approximate surface area is 66.4 Å². The van der Waals surface area contributed by atoms with Crippen molar-refractivity contribution in [2.45, 2.75) is 32.3 Å². The van der Waals surface area contributed by atoms with Crippen molar-refractivity contribution in [3.8, 4) is 0 Å². The van der Waals surface area contributed by atoms with Crippen LogP contribution >= 0.6 is 0 Å². The Morgan fingerprint density at radius 1 is 1.64 bits per heavy atom. The van der Waals surface area contributed by atoms with Crippen molar-refractivity contribution in [3.05, 3.63) is 12.2 Å². The second-order valence-corrected chi connectivity index (χ2v) is 2.52. The van der Waals surface area contributed by atoms with Crippen LogP contribution in [0.15, 0.2) is 12.2 Å². The van der Waals surface area contributed by atoms with Gasteiger partial charge in [0, 0.05) is 6.08 Å². The second-order valence-electron chi connectivity index (χ2n) is 2.52. The molecule has 3 nitrogen and oxygen atoms in total. The monoisotopic (exact) mass is 158 g/mol. The third-order valence-electron chi connectivity index (χ3n) is 1.25. The highest BCUT2D eigenvalue weighted by atomic mass is 16.4. The molecule has 0 radical (unpaired) electrons. The Kier molecular flexibility index (Phi) is 5.47. The molecule has 0 amide bonds. The van der Waals surface area contributed by atoms with Gasteiger partial charge in [0.05, 0.1) is 6.10 Å². The van der Waals surface area contributed by atoms with Crippen LogP contribution in [0.25, 0.3) is 0 Å². The Bertz CT molecular complexity index is 138. The summed E-state index contributed by atoms with van der Waals surface area (Å²) in [4.78, 5) is 9.96. The van der Waals surface area contributed by atoms with E-state index in [1.54, 1.807) is 13.0 Å². The number of hydrogen-bond donors (Lipinski definition) is 2. The number of carboxylic acid groups (broad SMARTS) is 1. The van der Waals surface area contributed by atoms with E-state index in [-0.39, 0.29) is 6.10 Å². The fraction of sp³-hybridized carbons (Fsp3) is 0.625. The predicted octanol–water partition coefficient (Wildman–Crippen LogP) is 1.18. The van der Waals surface area contributed by atoms with Gasteiger partial charge in [0.15, 0.2) is 0 Å². The maximum Gasteiger partial charge on any atom is 0.327 e. The average molecular weight is 158 g/mol. The zero-order chi connectivity index (χ0) is 8.69. The third kappa shape index (κ3) is 9.17. The smallest absolute Gasteiger partial charge is 0.327 e. The zero-order valence-electron chi connectivity index (χ0n) is 6.66. The molecule has 0 heterocycles. The number of aliphatic carboxylic acids is 1. The Morgan fingerprint density at radius 2 is 2.27 bits per heavy atom. The second kappa shape index (κ2) is 5.92. The largest absolute Gasteiger partial charge is 0.478 e. The third-order valence-corrected chi connectivity index (χ3v) is 1.25. The van der Waals surface area contributed by atoms with Gasteiger partial charge >= 0.3 is 5.97 Å². The summed E-state index contributed by atoms with van der Waals surface area (Å²) >= 11 is 0. The Balaban J connectivity index is 3.21. The van der Waals surface area contributed by atoms with Gasteiger partial charge in [0.1, 0.15) is 0 Å². The molecule has 64 valence electrons. The first-order valence-electron chi connectivity index (χ1n) is 3.70. The van der Waals surface area contributed by atoms with Crippen LogP contribution in [-0.4, -0.2) is 22.3 Å². The lowest BCUT2D eigenvalue weighted by Gasteiger charge is -1.99. The molecule has 0 rings (SSSR count). The molecule has 0 aromatic rings. The van der Waals surface area contributed by atoms with Crippen LogP contribution < -0.4 is 0 Å². The quantitative estimate of drug-likeness (QED) is 0.466. The summed E-state index contributed by atoms with van der Waals surface area (Å²) in [6.07, 6.45) is 4.73. The highest BCUT2D eigenvalue weighted by molar-refractivity contribution is 5.79. The zero-order valence-corrected chi connectivity index (χ0v) is 6.66. The molecule has 0 spiro atoms. The Hall–Kier alpha value is -0.830. The highest BCUT2D eigenvalue weighted by Crippen LogP contribution is 2.00. The van der Waals surface area contributed by atoms with E-state index in [2.05, 4.69) is 0 Å². The topological polar surface area (TPSA) is 57.5 Å². The molecule has 0 fully saturated rings. The van der Waals surface area contributed by atoms with Crippen molar-refractivity contribution in [1.29, 1.82) is 0 Å². The SMILES string of the molecule is CC(O)CCCC=CC(=O)O. The maximum atomic E-state index is 9.96. The normalized spacial score (nSPS) is 13.6. The first kappa shape index (κ1) is 10.2. The van der Waals surface area contributed by atoms with Crippen LogP contribution in [0.4, 0.5) is 0 Å². The summed E-state index contributed by atoms with van der Waals surface area (Å²) in [5.74, 6) is -0.915. The standard InChI is InChI=1S/C8H14O3/c1-7(9)5-3-2-4-6-8(10)11/h4,6-7,9H,2-3,5H2,1H3,(H,10,11). The summed E-state index contributed by atoms with van der Waals surface area (Å²) in [5.41, 5.74) is 0. The van der Waals surface area contributed by atoms with Gasteiger partial charge in [-0.2, -0.15) is 0 Å². The molecule has 2 N–H and O–H groups in total. The number of unbranched alkanes of at least 4 members (excludes halogenated alkanes) is 1. The van der Waals surface area contributed by atoms with Crippen LogP contribution in [0.2, 0.25) is 0 Å². The van der Waals surface area contributed by atoms with Crippen LogP contribution in [-0.2, 0) is 4.79 Å². The molecule has 0 aliphatic carbocycles. The van der Waals surface area contributed by atoms with Crippen molar-refractivity contribution in [2.75, 3.05) is 0 Å². The maximum absolute atomic E-state index is 9.96. The molecule has 0 aliphatic rings. The summed E-state index contributed by atoms with van der Waals surface area (Å²) < 4.78 is 0. The van der Waals surface area contributed by atoms with Crippen molar-refractivity contribution >= 4 is 5.97 Å². The minimum atomic E-state index is -0.915. The van der Waals surface area contributed by atoms with E-state index in [4.69, 9.17) is 10.2 Å². The van der Waals surface area contributed by atoms with Crippen molar-refractivity contribution in [2.24, 2.45) is 0 Å². The molecule has 0 aliphatic heterocycles. The fourth-order valence-corrected chi connectivity index (χ4v) is 0.715. The molecular formula is C8H14O3. The Morgan fingerprint density at radius 3 is 2.73 bits per heavy atom. The fourth-order valence-electron chi connectivity index (χ4n) is 0.715. The van der Waals surface area contributed by atoms with Crippen LogP contribution in [0.3, 0.4) is 0 Å². The molecule has 0 aromatic carbocycles.